The van der Waals surface area contributed by atoms with Crippen LogP contribution in [0.3, 0.4) is 0 Å². The molecular weight excluding hydrogens is 548 g/mol. The number of amides is 3. The van der Waals surface area contributed by atoms with E-state index in [1.54, 1.807) is 31.2 Å². The lowest BCUT2D eigenvalue weighted by molar-refractivity contribution is -0.137. The van der Waals surface area contributed by atoms with Gasteiger partial charge in [0.2, 0.25) is 17.7 Å². The number of hydrogen-bond donors (Lipinski definition) is 4. The molecule has 1 rings (SSSR count). The minimum atomic E-state index is -0.900. The first-order chi connectivity index (χ1) is 20.4. The fourth-order valence-electron chi connectivity index (χ4n) is 4.35. The summed E-state index contributed by atoms with van der Waals surface area (Å²) in [6.07, 6.45) is 6.66. The minimum Gasteiger partial charge on any atom is -0.425 e. The zero-order valence-electron chi connectivity index (χ0n) is 27.0. The fourth-order valence-corrected chi connectivity index (χ4v) is 4.35. The Balaban J connectivity index is 2.98. The summed E-state index contributed by atoms with van der Waals surface area (Å²) in [4.78, 5) is 62.7. The van der Waals surface area contributed by atoms with Crippen LogP contribution in [0, 0.1) is 11.8 Å². The SMILES string of the molecule is CCCCCC(=O)NC(Cc1ccc(OC(=O)C(N)C(C)C)cc1)C(=O)NC(C(=O)NCCCCCC(C)=O)C(C)CC. The summed E-state index contributed by atoms with van der Waals surface area (Å²) in [6.45, 7) is 11.6. The number of nitrogens with one attached hydrogen (secondary N) is 3. The molecule has 3 amide bonds. The fraction of sp³-hybridized carbons (Fsp3) is 0.667. The number of hydrogen-bond acceptors (Lipinski definition) is 7. The summed E-state index contributed by atoms with van der Waals surface area (Å²) < 4.78 is 5.37. The summed E-state index contributed by atoms with van der Waals surface area (Å²) in [5, 5.41) is 8.67. The predicted octanol–water partition coefficient (Wildman–Crippen LogP) is 3.98. The molecule has 1 aromatic carbocycles. The second-order valence-electron chi connectivity index (χ2n) is 11.8. The van der Waals surface area contributed by atoms with Crippen molar-refractivity contribution in [2.75, 3.05) is 6.54 Å². The Morgan fingerprint density at radius 1 is 0.837 bits per heavy atom. The highest BCUT2D eigenvalue weighted by Crippen LogP contribution is 2.16. The zero-order chi connectivity index (χ0) is 32.4. The van der Waals surface area contributed by atoms with Gasteiger partial charge in [0.1, 0.15) is 29.7 Å². The molecule has 10 nitrogen and oxygen atoms in total. The molecule has 5 N–H and O–H groups in total. The number of Topliss-reactive ketones (excluding diaryl/α,β-unsaturated/α-hetero) is 1. The molecule has 0 bridgehead atoms. The molecule has 0 heterocycles. The summed E-state index contributed by atoms with van der Waals surface area (Å²) in [6, 6.07) is 4.33. The van der Waals surface area contributed by atoms with Crippen molar-refractivity contribution in [2.24, 2.45) is 17.6 Å². The van der Waals surface area contributed by atoms with Gasteiger partial charge in [-0.15, -0.1) is 0 Å². The maximum atomic E-state index is 13.6. The van der Waals surface area contributed by atoms with Crippen LogP contribution in [0.15, 0.2) is 24.3 Å². The van der Waals surface area contributed by atoms with Gasteiger partial charge in [0, 0.05) is 25.8 Å². The van der Waals surface area contributed by atoms with Gasteiger partial charge in [0.05, 0.1) is 0 Å². The molecule has 0 saturated carbocycles. The average molecular weight is 603 g/mol. The number of nitrogens with two attached hydrogens (primary N) is 1. The van der Waals surface area contributed by atoms with Crippen LogP contribution in [0.2, 0.25) is 0 Å². The van der Waals surface area contributed by atoms with Crippen molar-refractivity contribution in [3.63, 3.8) is 0 Å². The van der Waals surface area contributed by atoms with Crippen LogP contribution in [-0.2, 0) is 30.4 Å². The van der Waals surface area contributed by atoms with Crippen molar-refractivity contribution in [3.8, 4) is 5.75 Å². The van der Waals surface area contributed by atoms with Crippen molar-refractivity contribution in [1.82, 2.24) is 16.0 Å². The number of carbonyl (C=O) groups excluding carboxylic acids is 5. The summed E-state index contributed by atoms with van der Waals surface area (Å²) in [5.74, 6) is -1.16. The number of rotatable bonds is 21. The first-order valence-electron chi connectivity index (χ1n) is 15.8. The summed E-state index contributed by atoms with van der Waals surface area (Å²) >= 11 is 0. The number of esters is 1. The van der Waals surface area contributed by atoms with Crippen LogP contribution in [0.4, 0.5) is 0 Å². The normalized spacial score (nSPS) is 13.9. The van der Waals surface area contributed by atoms with E-state index in [0.29, 0.717) is 31.6 Å². The van der Waals surface area contributed by atoms with Gasteiger partial charge < -0.3 is 31.2 Å². The summed E-state index contributed by atoms with van der Waals surface area (Å²) in [5.41, 5.74) is 6.62. The van der Waals surface area contributed by atoms with E-state index < -0.39 is 30.0 Å². The zero-order valence-corrected chi connectivity index (χ0v) is 27.0. The maximum absolute atomic E-state index is 13.6. The van der Waals surface area contributed by atoms with Gasteiger partial charge in [-0.05, 0) is 55.7 Å². The molecule has 0 aliphatic rings. The molecule has 0 aromatic heterocycles. The molecule has 242 valence electrons. The van der Waals surface area contributed by atoms with E-state index in [4.69, 9.17) is 10.5 Å². The number of benzene rings is 1. The molecule has 0 spiro atoms. The molecule has 0 aliphatic carbocycles. The number of ether oxygens (including phenoxy) is 1. The van der Waals surface area contributed by atoms with E-state index >= 15 is 0 Å². The van der Waals surface area contributed by atoms with E-state index in [-0.39, 0.29) is 35.9 Å². The Kier molecular flexibility index (Phi) is 18.1. The third kappa shape index (κ3) is 15.1. The van der Waals surface area contributed by atoms with Crippen LogP contribution < -0.4 is 26.4 Å². The van der Waals surface area contributed by atoms with Crippen LogP contribution in [0.5, 0.6) is 5.75 Å². The van der Waals surface area contributed by atoms with Gasteiger partial charge in [0.25, 0.3) is 0 Å². The monoisotopic (exact) mass is 602 g/mol. The molecule has 1 aromatic rings. The van der Waals surface area contributed by atoms with Gasteiger partial charge in [-0.3, -0.25) is 14.4 Å². The second kappa shape index (κ2) is 20.6. The van der Waals surface area contributed by atoms with E-state index in [1.807, 2.05) is 27.7 Å². The molecule has 4 unspecified atom stereocenters. The molecule has 0 fully saturated rings. The van der Waals surface area contributed by atoms with E-state index in [0.717, 1.165) is 44.1 Å². The Bertz CT molecular complexity index is 1030. The lowest BCUT2D eigenvalue weighted by Gasteiger charge is -2.27. The van der Waals surface area contributed by atoms with Gasteiger partial charge in [-0.1, -0.05) is 72.4 Å². The highest BCUT2D eigenvalue weighted by molar-refractivity contribution is 5.92. The number of ketones is 1. The molecule has 4 atom stereocenters. The van der Waals surface area contributed by atoms with Crippen molar-refractivity contribution >= 4 is 29.5 Å². The van der Waals surface area contributed by atoms with Gasteiger partial charge in [-0.2, -0.15) is 0 Å². The van der Waals surface area contributed by atoms with E-state index in [9.17, 15) is 24.0 Å². The predicted molar refractivity (Wildman–Crippen MR) is 168 cm³/mol. The Morgan fingerprint density at radius 3 is 2.07 bits per heavy atom. The highest BCUT2D eigenvalue weighted by Gasteiger charge is 2.30. The van der Waals surface area contributed by atoms with Crippen molar-refractivity contribution in [1.29, 1.82) is 0 Å². The Labute approximate surface area is 257 Å². The summed E-state index contributed by atoms with van der Waals surface area (Å²) in [7, 11) is 0. The lowest BCUT2D eigenvalue weighted by Crippen LogP contribution is -2.56. The quantitative estimate of drug-likeness (QED) is 0.0942. The van der Waals surface area contributed by atoms with Gasteiger partial charge >= 0.3 is 5.97 Å². The molecule has 0 radical (unpaired) electrons. The topological polar surface area (TPSA) is 157 Å². The van der Waals surface area contributed by atoms with Crippen LogP contribution in [0.25, 0.3) is 0 Å². The smallest absolute Gasteiger partial charge is 0.328 e. The Hall–Kier alpha value is -3.27. The highest BCUT2D eigenvalue weighted by atomic mass is 16.5. The van der Waals surface area contributed by atoms with E-state index in [2.05, 4.69) is 22.9 Å². The van der Waals surface area contributed by atoms with Crippen LogP contribution in [0.1, 0.15) is 105 Å². The molecule has 0 aliphatic heterocycles. The van der Waals surface area contributed by atoms with Crippen molar-refractivity contribution < 1.29 is 28.7 Å². The molecular formula is C33H54N4O6. The third-order valence-corrected chi connectivity index (χ3v) is 7.53. The standard InChI is InChI=1S/C33H54N4O6/c1-7-9-11-15-28(39)36-27(21-25-16-18-26(19-17-25)43-33(42)29(34)22(3)4)31(40)37-30(23(5)8-2)32(41)35-20-13-10-12-14-24(6)38/h16-19,22-23,27,29-30H,7-15,20-21,34H2,1-6H3,(H,35,41)(H,36,39)(H,37,40). The van der Waals surface area contributed by atoms with Gasteiger partial charge in [0.15, 0.2) is 0 Å². The van der Waals surface area contributed by atoms with E-state index in [1.165, 1.54) is 0 Å². The maximum Gasteiger partial charge on any atom is 0.328 e. The first kappa shape index (κ1) is 37.8. The average Bonchev–Trinajstić information content (AvgIpc) is 2.97. The lowest BCUT2D eigenvalue weighted by atomic mass is 9.97. The van der Waals surface area contributed by atoms with Crippen LogP contribution >= 0.6 is 0 Å². The van der Waals surface area contributed by atoms with Crippen LogP contribution in [-0.4, -0.2) is 54.1 Å². The first-order valence-corrected chi connectivity index (χ1v) is 15.8. The largest absolute Gasteiger partial charge is 0.425 e. The third-order valence-electron chi connectivity index (χ3n) is 7.53. The number of unbranched alkanes of at least 4 members (excludes halogenated alkanes) is 4. The van der Waals surface area contributed by atoms with Crippen molar-refractivity contribution in [3.05, 3.63) is 29.8 Å². The minimum absolute atomic E-state index is 0.0638. The molecule has 0 saturated heterocycles. The molecule has 43 heavy (non-hydrogen) atoms. The Morgan fingerprint density at radius 2 is 1.49 bits per heavy atom. The second-order valence-corrected chi connectivity index (χ2v) is 11.8. The van der Waals surface area contributed by atoms with Gasteiger partial charge in [-0.25, -0.2) is 4.79 Å². The van der Waals surface area contributed by atoms with Crippen molar-refractivity contribution in [2.45, 2.75) is 124 Å². The number of carbonyl (C=O) groups is 5. The molecule has 10 heteroatoms.